The van der Waals surface area contributed by atoms with E-state index in [4.69, 9.17) is 20.4 Å². The molecule has 0 unspecified atom stereocenters. The molecule has 2 radical (unpaired) electrons. The van der Waals surface area contributed by atoms with Crippen LogP contribution in [0.3, 0.4) is 0 Å². The molecule has 4 N–H and O–H groups in total. The quantitative estimate of drug-likeness (QED) is 0.414. The Balaban J connectivity index is -0.00000000800. The third kappa shape index (κ3) is 194. The van der Waals surface area contributed by atoms with Crippen molar-refractivity contribution in [2.45, 2.75) is 0 Å². The van der Waals surface area contributed by atoms with Crippen LogP contribution in [0.4, 0.5) is 0 Å². The van der Waals surface area contributed by atoms with Gasteiger partial charge in [-0.1, -0.05) is 0 Å². The van der Waals surface area contributed by atoms with Gasteiger partial charge in [0.05, 0.1) is 26.4 Å². The van der Waals surface area contributed by atoms with Crippen molar-refractivity contribution in [2.24, 2.45) is 0 Å². The van der Waals surface area contributed by atoms with E-state index in [1.165, 1.54) is 0 Å². The van der Waals surface area contributed by atoms with Crippen molar-refractivity contribution in [1.82, 2.24) is 0 Å². The molecule has 0 saturated carbocycles. The predicted octanol–water partition coefficient (Wildman–Crippen LogP) is -2.42. The summed E-state index contributed by atoms with van der Waals surface area (Å²) in [6, 6.07) is 0. The standard InChI is InChI=1S/2C2H6O2.2Fe.3O/c2*3-1-2-4;;;;;/h2*3-4H,1-2H2;;;;;/q;;2*+3;3*-2. The van der Waals surface area contributed by atoms with E-state index in [0.717, 1.165) is 0 Å². The molecule has 0 spiro atoms. The fourth-order valence-corrected chi connectivity index (χ4v) is 0. The van der Waals surface area contributed by atoms with Gasteiger partial charge in [0.1, 0.15) is 0 Å². The van der Waals surface area contributed by atoms with E-state index in [9.17, 15) is 0 Å². The van der Waals surface area contributed by atoms with Crippen LogP contribution in [0.5, 0.6) is 0 Å². The molecular weight excluding hydrogens is 272 g/mol. The summed E-state index contributed by atoms with van der Waals surface area (Å²) in [4.78, 5) is 0. The van der Waals surface area contributed by atoms with E-state index in [-0.39, 0.29) is 77.0 Å². The summed E-state index contributed by atoms with van der Waals surface area (Å²) in [6.07, 6.45) is 0. The first kappa shape index (κ1) is 49.0. The van der Waals surface area contributed by atoms with Crippen molar-refractivity contribution in [1.29, 1.82) is 0 Å². The van der Waals surface area contributed by atoms with Crippen LogP contribution in [-0.4, -0.2) is 46.9 Å². The molecule has 86 valence electrons. The average Bonchev–Trinajstić information content (AvgIpc) is 1.88. The van der Waals surface area contributed by atoms with E-state index in [1.54, 1.807) is 0 Å². The van der Waals surface area contributed by atoms with Crippen molar-refractivity contribution >= 4 is 0 Å². The zero-order chi connectivity index (χ0) is 6.83. The zero-order valence-corrected chi connectivity index (χ0v) is 8.76. The Morgan fingerprint density at radius 1 is 0.462 bits per heavy atom. The van der Waals surface area contributed by atoms with Crippen LogP contribution in [0.15, 0.2) is 0 Å². The molecule has 7 nitrogen and oxygen atoms in total. The Kier molecular flexibility index (Phi) is 294. The van der Waals surface area contributed by atoms with Crippen LogP contribution in [0.2, 0.25) is 0 Å². The fraction of sp³-hybridized carbons (Fsp3) is 1.00. The number of hydrogen-bond donors (Lipinski definition) is 4. The van der Waals surface area contributed by atoms with Gasteiger partial charge in [0, 0.05) is 0 Å². The fourth-order valence-electron chi connectivity index (χ4n) is 0. The first-order valence-electron chi connectivity index (χ1n) is 2.26. The van der Waals surface area contributed by atoms with E-state index in [2.05, 4.69) is 0 Å². The summed E-state index contributed by atoms with van der Waals surface area (Å²) < 4.78 is 0. The molecule has 0 aromatic rings. The van der Waals surface area contributed by atoms with Crippen LogP contribution >= 0.6 is 0 Å². The summed E-state index contributed by atoms with van der Waals surface area (Å²) >= 11 is 0. The summed E-state index contributed by atoms with van der Waals surface area (Å²) in [5.41, 5.74) is 0. The van der Waals surface area contributed by atoms with E-state index in [0.29, 0.717) is 0 Å². The zero-order valence-electron chi connectivity index (χ0n) is 6.55. The van der Waals surface area contributed by atoms with Crippen LogP contribution in [-0.2, 0) is 50.6 Å². The Morgan fingerprint density at radius 2 is 0.538 bits per heavy atom. The second kappa shape index (κ2) is 77.9. The first-order chi connectivity index (χ1) is 3.83. The van der Waals surface area contributed by atoms with Gasteiger partial charge in [-0.05, 0) is 0 Å². The first-order valence-corrected chi connectivity index (χ1v) is 2.26. The summed E-state index contributed by atoms with van der Waals surface area (Å²) in [5.74, 6) is 0. The molecule has 0 amide bonds. The van der Waals surface area contributed by atoms with Crippen molar-refractivity contribution < 1.29 is 71.0 Å². The number of hydrogen-bond acceptors (Lipinski definition) is 4. The maximum atomic E-state index is 7.62. The minimum Gasteiger partial charge on any atom is -2.00 e. The second-order valence-corrected chi connectivity index (χ2v) is 0.894. The second-order valence-electron chi connectivity index (χ2n) is 0.894. The van der Waals surface area contributed by atoms with Crippen molar-refractivity contribution in [3.8, 4) is 0 Å². The summed E-state index contributed by atoms with van der Waals surface area (Å²) in [7, 11) is 0. The minimum absolute atomic E-state index is 0. The molecule has 0 bridgehead atoms. The topological polar surface area (TPSA) is 166 Å². The molecule has 0 rings (SSSR count). The van der Waals surface area contributed by atoms with Gasteiger partial charge in [-0.15, -0.1) is 0 Å². The van der Waals surface area contributed by atoms with E-state index < -0.39 is 0 Å². The SMILES string of the molecule is OCCO.OCCO.[Fe+3].[Fe+3].[O-2].[O-2].[O-2]. The average molecular weight is 284 g/mol. The molecule has 0 aliphatic carbocycles. The molecule has 0 aromatic carbocycles. The predicted molar refractivity (Wildman–Crippen MR) is 30.4 cm³/mol. The van der Waals surface area contributed by atoms with Crippen LogP contribution in [0.1, 0.15) is 0 Å². The van der Waals surface area contributed by atoms with E-state index in [1.807, 2.05) is 0 Å². The molecule has 9 heteroatoms. The van der Waals surface area contributed by atoms with E-state index >= 15 is 0 Å². The molecule has 0 aliphatic rings. The number of aliphatic hydroxyl groups excluding tert-OH is 4. The maximum absolute atomic E-state index is 7.62. The maximum Gasteiger partial charge on any atom is 3.00 e. The van der Waals surface area contributed by atoms with Crippen LogP contribution in [0, 0.1) is 0 Å². The van der Waals surface area contributed by atoms with Gasteiger partial charge in [-0.3, -0.25) is 0 Å². The third-order valence-electron chi connectivity index (χ3n) is 0.200. The molecule has 0 fully saturated rings. The van der Waals surface area contributed by atoms with Gasteiger partial charge < -0.3 is 36.9 Å². The number of rotatable bonds is 2. The van der Waals surface area contributed by atoms with Crippen molar-refractivity contribution in [3.63, 3.8) is 0 Å². The van der Waals surface area contributed by atoms with Gasteiger partial charge in [0.25, 0.3) is 0 Å². The van der Waals surface area contributed by atoms with Crippen LogP contribution < -0.4 is 0 Å². The summed E-state index contributed by atoms with van der Waals surface area (Å²) in [6.45, 7) is -0.500. The van der Waals surface area contributed by atoms with Crippen LogP contribution in [0.25, 0.3) is 0 Å². The molecule has 0 atom stereocenters. The molecule has 0 aliphatic heterocycles. The molecule has 13 heavy (non-hydrogen) atoms. The Bertz CT molecular complexity index is 26.5. The Hall–Kier alpha value is 0.759. The smallest absolute Gasteiger partial charge is 2.00 e. The van der Waals surface area contributed by atoms with Gasteiger partial charge >= 0.3 is 34.1 Å². The minimum atomic E-state index is -0.125. The van der Waals surface area contributed by atoms with Gasteiger partial charge in [-0.25, -0.2) is 0 Å². The molecule has 0 aromatic heterocycles. The largest absolute Gasteiger partial charge is 3.00 e. The molecule has 0 saturated heterocycles. The van der Waals surface area contributed by atoms with Crippen molar-refractivity contribution in [3.05, 3.63) is 0 Å². The normalized spacial score (nSPS) is 4.62. The monoisotopic (exact) mass is 284 g/mol. The Labute approximate surface area is 97.7 Å². The molecular formula is C4H12Fe2O7. The van der Waals surface area contributed by atoms with Gasteiger partial charge in [0.2, 0.25) is 0 Å². The van der Waals surface area contributed by atoms with Gasteiger partial charge in [-0.2, -0.15) is 0 Å². The third-order valence-corrected chi connectivity index (χ3v) is 0.200. The number of aliphatic hydroxyl groups is 4. The Morgan fingerprint density at radius 3 is 0.538 bits per heavy atom. The van der Waals surface area contributed by atoms with Crippen molar-refractivity contribution in [2.75, 3.05) is 26.4 Å². The molecule has 0 heterocycles. The summed E-state index contributed by atoms with van der Waals surface area (Å²) in [5, 5.41) is 30.5. The van der Waals surface area contributed by atoms with Gasteiger partial charge in [0.15, 0.2) is 0 Å².